The summed E-state index contributed by atoms with van der Waals surface area (Å²) in [6.45, 7) is 2.24. The Bertz CT molecular complexity index is 1130. The molecule has 4 aromatic rings. The van der Waals surface area contributed by atoms with E-state index in [1.54, 1.807) is 0 Å². The quantitative estimate of drug-likeness (QED) is 0.386. The van der Waals surface area contributed by atoms with Gasteiger partial charge in [0.15, 0.2) is 0 Å². The van der Waals surface area contributed by atoms with E-state index in [2.05, 4.69) is 96.4 Å². The van der Waals surface area contributed by atoms with Crippen LogP contribution in [-0.2, 0) is 6.42 Å². The molecule has 0 saturated carbocycles. The van der Waals surface area contributed by atoms with Crippen molar-refractivity contribution >= 4 is 17.0 Å². The largest absolute Gasteiger partial charge is 0.310 e. The first-order valence-electron chi connectivity index (χ1n) is 9.26. The molecule has 0 radical (unpaired) electrons. The second kappa shape index (κ2) is 6.03. The molecule has 0 aliphatic heterocycles. The molecule has 0 spiro atoms. The van der Waals surface area contributed by atoms with E-state index < -0.39 is 0 Å². The molecule has 0 bridgehead atoms. The number of nitrogens with zero attached hydrogens (tertiary/aromatic N) is 1. The average molecular weight is 335 g/mol. The summed E-state index contributed by atoms with van der Waals surface area (Å²) < 4.78 is 2.43. The predicted octanol–water partition coefficient (Wildman–Crippen LogP) is 6.65. The minimum atomic E-state index is 1.13. The van der Waals surface area contributed by atoms with Crippen LogP contribution in [0.3, 0.4) is 0 Å². The number of aromatic nitrogens is 1. The van der Waals surface area contributed by atoms with E-state index in [9.17, 15) is 0 Å². The Hall–Kier alpha value is -3.06. The lowest BCUT2D eigenvalue weighted by Gasteiger charge is -2.15. The van der Waals surface area contributed by atoms with Crippen LogP contribution in [0.15, 0.2) is 84.4 Å². The molecule has 0 unspecified atom stereocenters. The molecule has 3 aromatic carbocycles. The molecule has 26 heavy (non-hydrogen) atoms. The van der Waals surface area contributed by atoms with Crippen LogP contribution in [0.5, 0.6) is 0 Å². The average Bonchev–Trinajstić information content (AvgIpc) is 3.02. The molecule has 0 fully saturated rings. The molecule has 0 N–H and O–H groups in total. The van der Waals surface area contributed by atoms with Crippen molar-refractivity contribution in [3.63, 3.8) is 0 Å². The maximum atomic E-state index is 2.43. The Balaban J connectivity index is 1.77. The highest BCUT2D eigenvalue weighted by Crippen LogP contribution is 2.36. The highest BCUT2D eigenvalue weighted by molar-refractivity contribution is 5.91. The Morgan fingerprint density at radius 2 is 1.50 bits per heavy atom. The number of aryl methyl sites for hydroxylation is 1. The smallest absolute Gasteiger partial charge is 0.0537 e. The van der Waals surface area contributed by atoms with E-state index in [-0.39, 0.29) is 0 Å². The monoisotopic (exact) mass is 335 g/mol. The molecule has 5 rings (SSSR count). The number of hydrogen-bond acceptors (Lipinski definition) is 0. The van der Waals surface area contributed by atoms with Crippen molar-refractivity contribution in [2.45, 2.75) is 19.8 Å². The van der Waals surface area contributed by atoms with Crippen molar-refractivity contribution in [1.82, 2.24) is 4.57 Å². The van der Waals surface area contributed by atoms with E-state index >= 15 is 0 Å². The van der Waals surface area contributed by atoms with Crippen LogP contribution < -0.4 is 0 Å². The molecule has 0 amide bonds. The molecule has 1 heteroatoms. The Morgan fingerprint density at radius 3 is 2.38 bits per heavy atom. The summed E-state index contributed by atoms with van der Waals surface area (Å²) in [5.74, 6) is 0. The van der Waals surface area contributed by atoms with Gasteiger partial charge in [0, 0.05) is 16.8 Å². The van der Waals surface area contributed by atoms with Crippen LogP contribution in [0.25, 0.3) is 33.8 Å². The molecule has 126 valence electrons. The zero-order valence-corrected chi connectivity index (χ0v) is 14.9. The highest BCUT2D eigenvalue weighted by Gasteiger charge is 2.19. The van der Waals surface area contributed by atoms with Crippen molar-refractivity contribution in [2.75, 3.05) is 0 Å². The standard InChI is InChI=1S/C25H21N/c1-18-14-15-23-22-12-5-6-13-24(22)26(25(23)16-18)21-11-7-10-20(17-21)19-8-3-2-4-9-19/h2-13,16-17H,14-15H2,1H3. The van der Waals surface area contributed by atoms with Crippen molar-refractivity contribution < 1.29 is 0 Å². The van der Waals surface area contributed by atoms with Gasteiger partial charge in [-0.05, 0) is 60.7 Å². The summed E-state index contributed by atoms with van der Waals surface area (Å²) in [7, 11) is 0. The van der Waals surface area contributed by atoms with Gasteiger partial charge in [0.2, 0.25) is 0 Å². The van der Waals surface area contributed by atoms with Gasteiger partial charge < -0.3 is 4.57 Å². The van der Waals surface area contributed by atoms with Crippen LogP contribution in [0, 0.1) is 0 Å². The fourth-order valence-corrected chi connectivity index (χ4v) is 4.10. The summed E-state index contributed by atoms with van der Waals surface area (Å²) >= 11 is 0. The van der Waals surface area contributed by atoms with E-state index in [4.69, 9.17) is 0 Å². The van der Waals surface area contributed by atoms with E-state index in [1.165, 1.54) is 44.5 Å². The van der Waals surface area contributed by atoms with Gasteiger partial charge in [0.05, 0.1) is 5.52 Å². The molecule has 1 nitrogen and oxygen atoms in total. The summed E-state index contributed by atoms with van der Waals surface area (Å²) in [6, 6.07) is 28.3. The van der Waals surface area contributed by atoms with Crippen molar-refractivity contribution in [2.24, 2.45) is 0 Å². The fraction of sp³-hybridized carbons (Fsp3) is 0.120. The second-order valence-electron chi connectivity index (χ2n) is 7.12. The van der Waals surface area contributed by atoms with Crippen LogP contribution >= 0.6 is 0 Å². The van der Waals surface area contributed by atoms with Crippen molar-refractivity contribution in [3.05, 3.63) is 95.7 Å². The van der Waals surface area contributed by atoms with Crippen LogP contribution in [-0.4, -0.2) is 4.57 Å². The number of rotatable bonds is 2. The zero-order valence-electron chi connectivity index (χ0n) is 14.9. The third-order valence-electron chi connectivity index (χ3n) is 5.38. The lowest BCUT2D eigenvalue weighted by atomic mass is 9.96. The first kappa shape index (κ1) is 15.2. The van der Waals surface area contributed by atoms with Crippen LogP contribution in [0.2, 0.25) is 0 Å². The molecule has 0 atom stereocenters. The highest BCUT2D eigenvalue weighted by atomic mass is 15.0. The maximum Gasteiger partial charge on any atom is 0.0537 e. The molecule has 0 saturated heterocycles. The third kappa shape index (κ3) is 2.40. The Labute approximate surface area is 154 Å². The van der Waals surface area contributed by atoms with Gasteiger partial charge >= 0.3 is 0 Å². The van der Waals surface area contributed by atoms with Gasteiger partial charge in [-0.3, -0.25) is 0 Å². The normalized spacial score (nSPS) is 13.5. The topological polar surface area (TPSA) is 4.93 Å². The molecule has 1 aliphatic carbocycles. The van der Waals surface area contributed by atoms with Gasteiger partial charge in [-0.2, -0.15) is 0 Å². The van der Waals surface area contributed by atoms with E-state index in [0.717, 1.165) is 12.8 Å². The minimum absolute atomic E-state index is 1.13. The molecular weight excluding hydrogens is 314 g/mol. The first-order valence-corrected chi connectivity index (χ1v) is 9.26. The number of fused-ring (bicyclic) bond motifs is 3. The summed E-state index contributed by atoms with van der Waals surface area (Å²) in [5, 5.41) is 1.39. The number of allylic oxidation sites excluding steroid dienone is 1. The SMILES string of the molecule is CC1=Cc2c(c3ccccc3n2-c2cccc(-c3ccccc3)c2)CC1. The van der Waals surface area contributed by atoms with Crippen LogP contribution in [0.4, 0.5) is 0 Å². The molecule has 1 aromatic heterocycles. The Morgan fingerprint density at radius 1 is 0.731 bits per heavy atom. The molecular formula is C25H21N. The van der Waals surface area contributed by atoms with Crippen molar-refractivity contribution in [3.8, 4) is 16.8 Å². The maximum absolute atomic E-state index is 2.43. The molecule has 1 heterocycles. The van der Waals surface area contributed by atoms with Gasteiger partial charge in [-0.1, -0.05) is 66.2 Å². The van der Waals surface area contributed by atoms with Crippen LogP contribution in [0.1, 0.15) is 24.6 Å². The number of hydrogen-bond donors (Lipinski definition) is 0. The molecule has 1 aliphatic rings. The van der Waals surface area contributed by atoms with Gasteiger partial charge in [-0.25, -0.2) is 0 Å². The number of benzene rings is 3. The van der Waals surface area contributed by atoms with Gasteiger partial charge in [0.25, 0.3) is 0 Å². The minimum Gasteiger partial charge on any atom is -0.310 e. The zero-order chi connectivity index (χ0) is 17.5. The predicted molar refractivity (Wildman–Crippen MR) is 111 cm³/mol. The Kier molecular flexibility index (Phi) is 3.53. The summed E-state index contributed by atoms with van der Waals surface area (Å²) in [5.41, 5.74) is 9.33. The van der Waals surface area contributed by atoms with Gasteiger partial charge in [-0.15, -0.1) is 0 Å². The van der Waals surface area contributed by atoms with E-state index in [0.29, 0.717) is 0 Å². The second-order valence-corrected chi connectivity index (χ2v) is 7.12. The summed E-state index contributed by atoms with van der Waals surface area (Å²) in [4.78, 5) is 0. The fourth-order valence-electron chi connectivity index (χ4n) is 4.10. The summed E-state index contributed by atoms with van der Waals surface area (Å²) in [6.07, 6.45) is 4.66. The third-order valence-corrected chi connectivity index (χ3v) is 5.38. The lowest BCUT2D eigenvalue weighted by molar-refractivity contribution is 0.917. The van der Waals surface area contributed by atoms with Gasteiger partial charge in [0.1, 0.15) is 0 Å². The first-order chi connectivity index (χ1) is 12.8. The van der Waals surface area contributed by atoms with E-state index in [1.807, 2.05) is 0 Å². The lowest BCUT2D eigenvalue weighted by Crippen LogP contribution is -2.02. The number of para-hydroxylation sites is 1. The van der Waals surface area contributed by atoms with Crippen molar-refractivity contribution in [1.29, 1.82) is 0 Å².